The predicted octanol–water partition coefficient (Wildman–Crippen LogP) is 3.19. The van der Waals surface area contributed by atoms with E-state index in [1.807, 2.05) is 11.7 Å². The van der Waals surface area contributed by atoms with Gasteiger partial charge in [-0.2, -0.15) is 5.10 Å². The van der Waals surface area contributed by atoms with Crippen LogP contribution >= 0.6 is 0 Å². The minimum atomic E-state index is 0.402. The van der Waals surface area contributed by atoms with E-state index in [2.05, 4.69) is 72.6 Å². The van der Waals surface area contributed by atoms with E-state index < -0.39 is 0 Å². The zero-order valence-electron chi connectivity index (χ0n) is 18.6. The second-order valence-electron chi connectivity index (χ2n) is 7.81. The van der Waals surface area contributed by atoms with Gasteiger partial charge in [0.05, 0.1) is 12.2 Å². The number of hydrogen-bond acceptors (Lipinski definition) is 3. The van der Waals surface area contributed by atoms with Crippen molar-refractivity contribution in [1.82, 2.24) is 20.4 Å². The van der Waals surface area contributed by atoms with Crippen molar-refractivity contribution in [2.75, 3.05) is 24.5 Å². The molecule has 1 aliphatic rings. The molecule has 0 aliphatic carbocycles. The smallest absolute Gasteiger partial charge is 0.191 e. The van der Waals surface area contributed by atoms with E-state index >= 15 is 0 Å². The Bertz CT molecular complexity index is 821. The maximum absolute atomic E-state index is 4.91. The SMILES string of the molecule is CCNC(=NCc1c(CC)nn(C)c1CC)NC1CCN(c2ccc(C)cc2)C1. The van der Waals surface area contributed by atoms with Crippen molar-refractivity contribution < 1.29 is 0 Å². The third-order valence-corrected chi connectivity index (χ3v) is 5.70. The summed E-state index contributed by atoms with van der Waals surface area (Å²) in [5, 5.41) is 11.7. The lowest BCUT2D eigenvalue weighted by molar-refractivity contribution is 0.649. The molecule has 29 heavy (non-hydrogen) atoms. The van der Waals surface area contributed by atoms with Crippen molar-refractivity contribution in [3.05, 3.63) is 46.8 Å². The van der Waals surface area contributed by atoms with Crippen molar-refractivity contribution in [3.8, 4) is 0 Å². The lowest BCUT2D eigenvalue weighted by Gasteiger charge is -2.20. The van der Waals surface area contributed by atoms with Crippen LogP contribution in [0.5, 0.6) is 0 Å². The molecule has 2 heterocycles. The van der Waals surface area contributed by atoms with E-state index in [4.69, 9.17) is 4.99 Å². The molecule has 1 aliphatic heterocycles. The molecule has 0 radical (unpaired) electrons. The molecule has 0 spiro atoms. The Morgan fingerprint density at radius 3 is 2.59 bits per heavy atom. The number of aromatic nitrogens is 2. The second-order valence-corrected chi connectivity index (χ2v) is 7.81. The van der Waals surface area contributed by atoms with Gasteiger partial charge in [-0.15, -0.1) is 0 Å². The van der Waals surface area contributed by atoms with Gasteiger partial charge in [0.1, 0.15) is 0 Å². The standard InChI is InChI=1S/C23H36N6/c1-6-21-20(22(7-2)28(5)27-21)15-25-23(24-8-3)26-18-13-14-29(16-18)19-11-9-17(4)10-12-19/h9-12,18H,6-8,13-16H2,1-5H3,(H2,24,25,26). The molecule has 1 atom stereocenters. The summed E-state index contributed by atoms with van der Waals surface area (Å²) in [5.41, 5.74) is 6.33. The van der Waals surface area contributed by atoms with Crippen molar-refractivity contribution in [1.29, 1.82) is 0 Å². The first kappa shape index (κ1) is 21.2. The van der Waals surface area contributed by atoms with Crippen LogP contribution in [0.15, 0.2) is 29.3 Å². The molecular formula is C23H36N6. The summed E-state index contributed by atoms with van der Waals surface area (Å²) in [6.45, 7) is 12.2. The summed E-state index contributed by atoms with van der Waals surface area (Å²) in [6, 6.07) is 9.22. The summed E-state index contributed by atoms with van der Waals surface area (Å²) in [6.07, 6.45) is 3.04. The van der Waals surface area contributed by atoms with Crippen molar-refractivity contribution >= 4 is 11.6 Å². The maximum Gasteiger partial charge on any atom is 0.191 e. The van der Waals surface area contributed by atoms with Crippen molar-refractivity contribution in [3.63, 3.8) is 0 Å². The molecule has 6 heteroatoms. The van der Waals surface area contributed by atoms with Gasteiger partial charge in [0.15, 0.2) is 5.96 Å². The van der Waals surface area contributed by atoms with Gasteiger partial charge in [-0.1, -0.05) is 31.5 Å². The fourth-order valence-electron chi connectivity index (χ4n) is 4.11. The number of anilines is 1. The number of nitrogens with zero attached hydrogens (tertiary/aromatic N) is 4. The monoisotopic (exact) mass is 396 g/mol. The molecule has 3 rings (SSSR count). The second kappa shape index (κ2) is 9.81. The van der Waals surface area contributed by atoms with Crippen LogP contribution in [0.4, 0.5) is 5.69 Å². The van der Waals surface area contributed by atoms with E-state index in [-0.39, 0.29) is 0 Å². The average Bonchev–Trinajstić information content (AvgIpc) is 3.30. The molecule has 0 bridgehead atoms. The topological polar surface area (TPSA) is 57.5 Å². The third-order valence-electron chi connectivity index (χ3n) is 5.70. The normalized spacial score (nSPS) is 17.1. The highest BCUT2D eigenvalue weighted by atomic mass is 15.3. The highest BCUT2D eigenvalue weighted by Gasteiger charge is 2.23. The van der Waals surface area contributed by atoms with E-state index in [0.29, 0.717) is 12.6 Å². The zero-order valence-corrected chi connectivity index (χ0v) is 18.6. The van der Waals surface area contributed by atoms with Gasteiger partial charge in [0.25, 0.3) is 0 Å². The molecule has 1 aromatic heterocycles. The number of benzene rings is 1. The number of aryl methyl sites for hydroxylation is 3. The third kappa shape index (κ3) is 5.11. The molecular weight excluding hydrogens is 360 g/mol. The molecule has 1 saturated heterocycles. The lowest BCUT2D eigenvalue weighted by Crippen LogP contribution is -2.44. The quantitative estimate of drug-likeness (QED) is 0.557. The molecule has 158 valence electrons. The molecule has 0 amide bonds. The molecule has 1 aromatic carbocycles. The number of guanidine groups is 1. The first-order valence-corrected chi connectivity index (χ1v) is 11.0. The average molecular weight is 397 g/mol. The molecule has 0 saturated carbocycles. The first-order chi connectivity index (χ1) is 14.0. The summed E-state index contributed by atoms with van der Waals surface area (Å²) in [4.78, 5) is 7.36. The molecule has 1 fully saturated rings. The highest BCUT2D eigenvalue weighted by Crippen LogP contribution is 2.21. The Labute approximate surface area is 175 Å². The van der Waals surface area contributed by atoms with Gasteiger partial charge in [-0.05, 0) is 45.2 Å². The van der Waals surface area contributed by atoms with E-state index in [9.17, 15) is 0 Å². The minimum Gasteiger partial charge on any atom is -0.369 e. The minimum absolute atomic E-state index is 0.402. The summed E-state index contributed by atoms with van der Waals surface area (Å²) < 4.78 is 2.01. The lowest BCUT2D eigenvalue weighted by atomic mass is 10.1. The number of hydrogen-bond donors (Lipinski definition) is 2. The molecule has 2 N–H and O–H groups in total. The van der Waals surface area contributed by atoms with Crippen LogP contribution in [0.1, 0.15) is 49.7 Å². The van der Waals surface area contributed by atoms with Crippen LogP contribution in [0.3, 0.4) is 0 Å². The summed E-state index contributed by atoms with van der Waals surface area (Å²) >= 11 is 0. The van der Waals surface area contributed by atoms with E-state index in [1.165, 1.54) is 22.5 Å². The van der Waals surface area contributed by atoms with Crippen LogP contribution in [0, 0.1) is 6.92 Å². The molecule has 2 aromatic rings. The van der Waals surface area contributed by atoms with Crippen molar-refractivity contribution in [2.24, 2.45) is 12.0 Å². The van der Waals surface area contributed by atoms with Crippen LogP contribution in [0.25, 0.3) is 0 Å². The van der Waals surface area contributed by atoms with Crippen LogP contribution in [-0.4, -0.2) is 41.4 Å². The largest absolute Gasteiger partial charge is 0.369 e. The van der Waals surface area contributed by atoms with Gasteiger partial charge in [0, 0.05) is 49.7 Å². The van der Waals surface area contributed by atoms with Crippen LogP contribution in [0.2, 0.25) is 0 Å². The van der Waals surface area contributed by atoms with Gasteiger partial charge in [0.2, 0.25) is 0 Å². The summed E-state index contributed by atoms with van der Waals surface area (Å²) in [5.74, 6) is 0.899. The number of nitrogens with one attached hydrogen (secondary N) is 2. The fourth-order valence-corrected chi connectivity index (χ4v) is 4.11. The Morgan fingerprint density at radius 2 is 1.93 bits per heavy atom. The fraction of sp³-hybridized carbons (Fsp3) is 0.565. The summed E-state index contributed by atoms with van der Waals surface area (Å²) in [7, 11) is 2.03. The Kier molecular flexibility index (Phi) is 7.18. The van der Waals surface area contributed by atoms with Gasteiger partial charge < -0.3 is 15.5 Å². The Morgan fingerprint density at radius 1 is 1.17 bits per heavy atom. The van der Waals surface area contributed by atoms with Gasteiger partial charge in [-0.3, -0.25) is 4.68 Å². The van der Waals surface area contributed by atoms with Gasteiger partial charge >= 0.3 is 0 Å². The molecule has 6 nitrogen and oxygen atoms in total. The van der Waals surface area contributed by atoms with Crippen LogP contribution in [-0.2, 0) is 26.4 Å². The van der Waals surface area contributed by atoms with Gasteiger partial charge in [-0.25, -0.2) is 4.99 Å². The number of aliphatic imine (C=N–C) groups is 1. The Balaban J connectivity index is 1.67. The zero-order chi connectivity index (χ0) is 20.8. The predicted molar refractivity (Wildman–Crippen MR) is 122 cm³/mol. The van der Waals surface area contributed by atoms with E-state index in [0.717, 1.165) is 50.6 Å². The maximum atomic E-state index is 4.91. The Hall–Kier alpha value is -2.50. The van der Waals surface area contributed by atoms with Crippen molar-refractivity contribution in [2.45, 2.75) is 59.5 Å². The highest BCUT2D eigenvalue weighted by molar-refractivity contribution is 5.80. The van der Waals surface area contributed by atoms with Crippen LogP contribution < -0.4 is 15.5 Å². The number of rotatable bonds is 7. The first-order valence-electron chi connectivity index (χ1n) is 11.0. The molecule has 1 unspecified atom stereocenters. The van der Waals surface area contributed by atoms with E-state index in [1.54, 1.807) is 0 Å².